The van der Waals surface area contributed by atoms with Crippen LogP contribution in [0, 0.1) is 5.82 Å². The van der Waals surface area contributed by atoms with Gasteiger partial charge in [-0.1, -0.05) is 12.1 Å². The molecule has 0 amide bonds. The summed E-state index contributed by atoms with van der Waals surface area (Å²) in [5.74, 6) is -0.00986. The Bertz CT molecular complexity index is 529. The highest BCUT2D eigenvalue weighted by atomic mass is 79.9. The van der Waals surface area contributed by atoms with Crippen LogP contribution >= 0.6 is 27.3 Å². The van der Waals surface area contributed by atoms with Crippen molar-refractivity contribution in [1.82, 2.24) is 5.32 Å². The third-order valence-electron chi connectivity index (χ3n) is 2.56. The van der Waals surface area contributed by atoms with Crippen molar-refractivity contribution in [2.45, 2.75) is 13.1 Å². The van der Waals surface area contributed by atoms with E-state index in [9.17, 15) is 4.39 Å². The van der Waals surface area contributed by atoms with Crippen LogP contribution in [0.2, 0.25) is 0 Å². The fraction of sp³-hybridized carbons (Fsp3) is 0.231. The van der Waals surface area contributed by atoms with Crippen LogP contribution in [0.3, 0.4) is 0 Å². The molecule has 0 saturated carbocycles. The highest BCUT2D eigenvalue weighted by molar-refractivity contribution is 9.10. The van der Waals surface area contributed by atoms with Gasteiger partial charge in [-0.15, -0.1) is 11.3 Å². The van der Waals surface area contributed by atoms with Gasteiger partial charge in [0.2, 0.25) is 0 Å². The van der Waals surface area contributed by atoms with Crippen molar-refractivity contribution in [2.24, 2.45) is 0 Å². The third-order valence-corrected chi connectivity index (χ3v) is 4.48. The minimum absolute atomic E-state index is 0.284. The maximum atomic E-state index is 13.8. The molecule has 0 aliphatic rings. The summed E-state index contributed by atoms with van der Waals surface area (Å²) in [6, 6.07) is 7.18. The lowest BCUT2D eigenvalue weighted by Crippen LogP contribution is -2.13. The first-order valence-electron chi connectivity index (χ1n) is 5.46. The molecule has 1 N–H and O–H groups in total. The molecule has 96 valence electrons. The lowest BCUT2D eigenvalue weighted by molar-refractivity contribution is 0.383. The van der Waals surface area contributed by atoms with Gasteiger partial charge in [-0.05, 0) is 33.4 Å². The SMILES string of the molecule is COc1cccc(CNCc2sccc2Br)c1F. The van der Waals surface area contributed by atoms with Crippen LogP contribution in [-0.2, 0) is 13.1 Å². The predicted molar refractivity (Wildman–Crippen MR) is 75.5 cm³/mol. The van der Waals surface area contributed by atoms with E-state index in [2.05, 4.69) is 21.2 Å². The second kappa shape index (κ2) is 6.31. The Balaban J connectivity index is 1.96. The van der Waals surface area contributed by atoms with Crippen LogP contribution in [0.15, 0.2) is 34.1 Å². The summed E-state index contributed by atoms with van der Waals surface area (Å²) in [6.45, 7) is 1.20. The van der Waals surface area contributed by atoms with E-state index in [1.54, 1.807) is 29.5 Å². The van der Waals surface area contributed by atoms with Crippen molar-refractivity contribution in [3.05, 3.63) is 50.4 Å². The van der Waals surface area contributed by atoms with Crippen molar-refractivity contribution in [1.29, 1.82) is 0 Å². The van der Waals surface area contributed by atoms with Gasteiger partial charge >= 0.3 is 0 Å². The molecule has 0 unspecified atom stereocenters. The molecule has 1 heterocycles. The Kier molecular flexibility index (Phi) is 4.74. The molecule has 2 aromatic rings. The fourth-order valence-corrected chi connectivity index (χ4v) is 3.07. The number of ether oxygens (including phenoxy) is 1. The lowest BCUT2D eigenvalue weighted by atomic mass is 10.2. The molecule has 2 rings (SSSR count). The van der Waals surface area contributed by atoms with E-state index in [1.807, 2.05) is 11.4 Å². The lowest BCUT2D eigenvalue weighted by Gasteiger charge is -2.08. The monoisotopic (exact) mass is 329 g/mol. The van der Waals surface area contributed by atoms with Gasteiger partial charge in [-0.3, -0.25) is 0 Å². The van der Waals surface area contributed by atoms with Crippen LogP contribution in [-0.4, -0.2) is 7.11 Å². The highest BCUT2D eigenvalue weighted by Gasteiger charge is 2.08. The summed E-state index contributed by atoms with van der Waals surface area (Å²) >= 11 is 5.14. The van der Waals surface area contributed by atoms with Crippen molar-refractivity contribution < 1.29 is 9.13 Å². The van der Waals surface area contributed by atoms with Crippen molar-refractivity contribution in [2.75, 3.05) is 7.11 Å². The van der Waals surface area contributed by atoms with E-state index < -0.39 is 0 Å². The normalized spacial score (nSPS) is 10.6. The Morgan fingerprint density at radius 3 is 2.83 bits per heavy atom. The number of benzene rings is 1. The molecule has 5 heteroatoms. The molecule has 0 spiro atoms. The number of rotatable bonds is 5. The Labute approximate surface area is 118 Å². The second-order valence-electron chi connectivity index (χ2n) is 3.73. The number of hydrogen-bond acceptors (Lipinski definition) is 3. The summed E-state index contributed by atoms with van der Waals surface area (Å²) in [4.78, 5) is 1.21. The van der Waals surface area contributed by atoms with Crippen molar-refractivity contribution in [3.63, 3.8) is 0 Å². The van der Waals surface area contributed by atoms with Crippen LogP contribution in [0.5, 0.6) is 5.75 Å². The Hall–Kier alpha value is -0.910. The molecule has 18 heavy (non-hydrogen) atoms. The summed E-state index contributed by atoms with van der Waals surface area (Å²) < 4.78 is 19.9. The van der Waals surface area contributed by atoms with Crippen molar-refractivity contribution in [3.8, 4) is 5.75 Å². The average molecular weight is 330 g/mol. The molecule has 0 saturated heterocycles. The number of hydrogen-bond donors (Lipinski definition) is 1. The first kappa shape index (κ1) is 13.5. The molecule has 0 fully saturated rings. The van der Waals surface area contributed by atoms with Crippen LogP contribution in [0.4, 0.5) is 4.39 Å². The molecule has 0 bridgehead atoms. The van der Waals surface area contributed by atoms with Gasteiger partial charge in [0.05, 0.1) is 7.11 Å². The molecule has 0 atom stereocenters. The minimum Gasteiger partial charge on any atom is -0.494 e. The van der Waals surface area contributed by atoms with Gasteiger partial charge < -0.3 is 10.1 Å². The zero-order valence-corrected chi connectivity index (χ0v) is 12.3. The number of thiophene rings is 1. The topological polar surface area (TPSA) is 21.3 Å². The van der Waals surface area contributed by atoms with Gasteiger partial charge in [0, 0.05) is 28.0 Å². The minimum atomic E-state index is -0.294. The van der Waals surface area contributed by atoms with E-state index in [1.165, 1.54) is 12.0 Å². The fourth-order valence-electron chi connectivity index (χ4n) is 1.61. The van der Waals surface area contributed by atoms with Crippen LogP contribution < -0.4 is 10.1 Å². The van der Waals surface area contributed by atoms with Crippen molar-refractivity contribution >= 4 is 27.3 Å². The standard InChI is InChI=1S/C13H13BrFNOS/c1-17-11-4-2-3-9(13(11)15)7-16-8-12-10(14)5-6-18-12/h2-6,16H,7-8H2,1H3. The molecule has 2 nitrogen and oxygen atoms in total. The van der Waals surface area contributed by atoms with Crippen LogP contribution in [0.1, 0.15) is 10.4 Å². The molecule has 0 radical (unpaired) electrons. The predicted octanol–water partition coefficient (Wildman–Crippen LogP) is 3.95. The summed E-state index contributed by atoms with van der Waals surface area (Å²) in [5, 5.41) is 5.24. The largest absolute Gasteiger partial charge is 0.494 e. The second-order valence-corrected chi connectivity index (χ2v) is 5.58. The van der Waals surface area contributed by atoms with Gasteiger partial charge in [-0.25, -0.2) is 4.39 Å². The summed E-state index contributed by atoms with van der Waals surface area (Å²) in [5.41, 5.74) is 0.613. The van der Waals surface area contributed by atoms with E-state index in [-0.39, 0.29) is 11.6 Å². The molecule has 1 aromatic heterocycles. The Morgan fingerprint density at radius 1 is 1.33 bits per heavy atom. The van der Waals surface area contributed by atoms with Crippen LogP contribution in [0.25, 0.3) is 0 Å². The first-order chi connectivity index (χ1) is 8.72. The zero-order valence-electron chi connectivity index (χ0n) is 9.87. The van der Waals surface area contributed by atoms with E-state index in [0.29, 0.717) is 12.1 Å². The van der Waals surface area contributed by atoms with Gasteiger partial charge in [0.25, 0.3) is 0 Å². The maximum absolute atomic E-state index is 13.8. The number of nitrogens with one attached hydrogen (secondary N) is 1. The zero-order chi connectivity index (χ0) is 13.0. The van der Waals surface area contributed by atoms with Gasteiger partial charge in [0.15, 0.2) is 11.6 Å². The quantitative estimate of drug-likeness (QED) is 0.896. The van der Waals surface area contributed by atoms with Gasteiger partial charge in [0.1, 0.15) is 0 Å². The Morgan fingerprint density at radius 2 is 2.17 bits per heavy atom. The summed E-state index contributed by atoms with van der Waals surface area (Å²) in [6.07, 6.45) is 0. The first-order valence-corrected chi connectivity index (χ1v) is 7.13. The number of halogens is 2. The van der Waals surface area contributed by atoms with E-state index in [0.717, 1.165) is 11.0 Å². The van der Waals surface area contributed by atoms with Gasteiger partial charge in [-0.2, -0.15) is 0 Å². The molecule has 1 aromatic carbocycles. The molecular weight excluding hydrogens is 317 g/mol. The summed E-state index contributed by atoms with van der Waals surface area (Å²) in [7, 11) is 1.47. The molecule has 0 aliphatic carbocycles. The average Bonchev–Trinajstić information content (AvgIpc) is 2.77. The smallest absolute Gasteiger partial charge is 0.169 e. The molecular formula is C13H13BrFNOS. The third kappa shape index (κ3) is 3.10. The maximum Gasteiger partial charge on any atom is 0.169 e. The number of methoxy groups -OCH3 is 1. The van der Waals surface area contributed by atoms with E-state index >= 15 is 0 Å². The van der Waals surface area contributed by atoms with E-state index in [4.69, 9.17) is 4.74 Å². The molecule has 0 aliphatic heterocycles. The highest BCUT2D eigenvalue weighted by Crippen LogP contribution is 2.23.